The summed E-state index contributed by atoms with van der Waals surface area (Å²) in [5.74, 6) is 1.10. The zero-order chi connectivity index (χ0) is 19.9. The number of benzene rings is 1. The van der Waals surface area contributed by atoms with Gasteiger partial charge < -0.3 is 9.47 Å². The normalized spacial score (nSPS) is 11.8. The summed E-state index contributed by atoms with van der Waals surface area (Å²) in [6, 6.07) is 9.21. The number of methoxy groups -OCH3 is 1. The SMILES string of the molecule is CCCCOc1ccc(/C=C(\C#N)c2ccc(C(F)(F)F)cn2)cc1OC. The first-order valence-corrected chi connectivity index (χ1v) is 8.35. The summed E-state index contributed by atoms with van der Waals surface area (Å²) in [6.07, 6.45) is -0.291. The van der Waals surface area contributed by atoms with Crippen LogP contribution in [0.4, 0.5) is 13.2 Å². The molecule has 2 aromatic rings. The van der Waals surface area contributed by atoms with Crippen molar-refractivity contribution in [3.63, 3.8) is 0 Å². The van der Waals surface area contributed by atoms with E-state index in [9.17, 15) is 18.4 Å². The topological polar surface area (TPSA) is 55.1 Å². The van der Waals surface area contributed by atoms with Gasteiger partial charge in [-0.25, -0.2) is 0 Å². The van der Waals surface area contributed by atoms with Crippen LogP contribution in [-0.4, -0.2) is 18.7 Å². The van der Waals surface area contributed by atoms with Crippen molar-refractivity contribution >= 4 is 11.6 Å². The molecule has 2 rings (SSSR count). The predicted molar refractivity (Wildman–Crippen MR) is 96.1 cm³/mol. The van der Waals surface area contributed by atoms with Gasteiger partial charge in [0.05, 0.1) is 30.5 Å². The number of hydrogen-bond acceptors (Lipinski definition) is 4. The summed E-state index contributed by atoms with van der Waals surface area (Å²) >= 11 is 0. The van der Waals surface area contributed by atoms with Crippen molar-refractivity contribution in [2.45, 2.75) is 25.9 Å². The molecule has 4 nitrogen and oxygen atoms in total. The fourth-order valence-electron chi connectivity index (χ4n) is 2.27. The lowest BCUT2D eigenvalue weighted by molar-refractivity contribution is -0.137. The number of allylic oxidation sites excluding steroid dienone is 1. The molecule has 0 aliphatic heterocycles. The van der Waals surface area contributed by atoms with Crippen LogP contribution in [0.2, 0.25) is 0 Å². The molecule has 0 amide bonds. The minimum absolute atomic E-state index is 0.144. The van der Waals surface area contributed by atoms with Crippen molar-refractivity contribution in [1.82, 2.24) is 4.98 Å². The molecule has 0 fully saturated rings. The minimum Gasteiger partial charge on any atom is -0.493 e. The highest BCUT2D eigenvalue weighted by Gasteiger charge is 2.30. The molecule has 0 radical (unpaired) electrons. The molecule has 1 aromatic carbocycles. The van der Waals surface area contributed by atoms with Gasteiger partial charge in [-0.05, 0) is 42.3 Å². The van der Waals surface area contributed by atoms with Crippen LogP contribution in [0.5, 0.6) is 11.5 Å². The largest absolute Gasteiger partial charge is 0.493 e. The Bertz CT molecular complexity index is 838. The van der Waals surface area contributed by atoms with Crippen molar-refractivity contribution in [1.29, 1.82) is 5.26 Å². The summed E-state index contributed by atoms with van der Waals surface area (Å²) in [5, 5.41) is 9.36. The Morgan fingerprint density at radius 3 is 2.56 bits per heavy atom. The molecule has 0 N–H and O–H groups in total. The van der Waals surface area contributed by atoms with E-state index in [1.54, 1.807) is 18.2 Å². The van der Waals surface area contributed by atoms with Crippen molar-refractivity contribution in [3.8, 4) is 17.6 Å². The second kappa shape index (κ2) is 9.08. The lowest BCUT2D eigenvalue weighted by Gasteiger charge is -2.11. The molecular weight excluding hydrogens is 357 g/mol. The van der Waals surface area contributed by atoms with Crippen LogP contribution in [-0.2, 0) is 6.18 Å². The summed E-state index contributed by atoms with van der Waals surface area (Å²) < 4.78 is 48.9. The van der Waals surface area contributed by atoms with E-state index in [0.29, 0.717) is 29.9 Å². The fourth-order valence-corrected chi connectivity index (χ4v) is 2.27. The molecule has 0 unspecified atom stereocenters. The highest BCUT2D eigenvalue weighted by atomic mass is 19.4. The first kappa shape index (κ1) is 20.3. The lowest BCUT2D eigenvalue weighted by Crippen LogP contribution is -2.05. The standard InChI is InChI=1S/C20H19F3N2O2/c1-3-4-9-27-18-8-5-14(11-19(18)26-2)10-15(12-24)17-7-6-16(13-25-17)20(21,22)23/h5-8,10-11,13H,3-4,9H2,1-2H3/b15-10+. The maximum absolute atomic E-state index is 12.6. The number of rotatable bonds is 7. The van der Waals surface area contributed by atoms with Gasteiger partial charge in [0.15, 0.2) is 11.5 Å². The highest BCUT2D eigenvalue weighted by Crippen LogP contribution is 2.31. The number of nitrogens with zero attached hydrogens (tertiary/aromatic N) is 2. The molecule has 142 valence electrons. The molecule has 1 aromatic heterocycles. The third-order valence-electron chi connectivity index (χ3n) is 3.74. The molecule has 0 aliphatic rings. The average molecular weight is 376 g/mol. The Balaban J connectivity index is 2.28. The van der Waals surface area contributed by atoms with Gasteiger partial charge in [0, 0.05) is 6.20 Å². The maximum atomic E-state index is 12.6. The Kier molecular flexibility index (Phi) is 6.83. The first-order valence-electron chi connectivity index (χ1n) is 8.35. The predicted octanol–water partition coefficient (Wildman–Crippen LogP) is 5.35. The number of unbranched alkanes of at least 4 members (excludes halogenated alkanes) is 1. The number of nitriles is 1. The number of aromatic nitrogens is 1. The third-order valence-corrected chi connectivity index (χ3v) is 3.74. The fraction of sp³-hybridized carbons (Fsp3) is 0.300. The van der Waals surface area contributed by atoms with E-state index < -0.39 is 11.7 Å². The van der Waals surface area contributed by atoms with Crippen LogP contribution >= 0.6 is 0 Å². The van der Waals surface area contributed by atoms with Crippen LogP contribution in [0.3, 0.4) is 0 Å². The van der Waals surface area contributed by atoms with Crippen LogP contribution in [0, 0.1) is 11.3 Å². The smallest absolute Gasteiger partial charge is 0.417 e. The van der Waals surface area contributed by atoms with Crippen molar-refractivity contribution in [2.75, 3.05) is 13.7 Å². The second-order valence-electron chi connectivity index (χ2n) is 5.71. The van der Waals surface area contributed by atoms with Gasteiger partial charge in [-0.15, -0.1) is 0 Å². The Morgan fingerprint density at radius 2 is 2.00 bits per heavy atom. The number of pyridine rings is 1. The van der Waals surface area contributed by atoms with Crippen LogP contribution in [0.1, 0.15) is 36.6 Å². The average Bonchev–Trinajstić information content (AvgIpc) is 2.66. The molecule has 0 aliphatic carbocycles. The molecule has 0 spiro atoms. The van der Waals surface area contributed by atoms with E-state index in [-0.39, 0.29) is 11.3 Å². The molecule has 1 heterocycles. The van der Waals surface area contributed by atoms with Crippen LogP contribution in [0.15, 0.2) is 36.5 Å². The van der Waals surface area contributed by atoms with Gasteiger partial charge in [0.1, 0.15) is 6.07 Å². The monoisotopic (exact) mass is 376 g/mol. The highest BCUT2D eigenvalue weighted by molar-refractivity contribution is 5.88. The second-order valence-corrected chi connectivity index (χ2v) is 5.71. The molecule has 27 heavy (non-hydrogen) atoms. The van der Waals surface area contributed by atoms with Crippen molar-refractivity contribution in [3.05, 3.63) is 53.3 Å². The molecule has 0 saturated heterocycles. The van der Waals surface area contributed by atoms with Gasteiger partial charge in [-0.2, -0.15) is 18.4 Å². The third kappa shape index (κ3) is 5.48. The number of halogens is 3. The molecular formula is C20H19F3N2O2. The van der Waals surface area contributed by atoms with Crippen LogP contribution in [0.25, 0.3) is 11.6 Å². The number of hydrogen-bond donors (Lipinski definition) is 0. The molecule has 0 atom stereocenters. The zero-order valence-electron chi connectivity index (χ0n) is 15.0. The number of ether oxygens (including phenoxy) is 2. The van der Waals surface area contributed by atoms with E-state index >= 15 is 0 Å². The van der Waals surface area contributed by atoms with Gasteiger partial charge >= 0.3 is 6.18 Å². The van der Waals surface area contributed by atoms with E-state index in [0.717, 1.165) is 18.9 Å². The van der Waals surface area contributed by atoms with Crippen molar-refractivity contribution in [2.24, 2.45) is 0 Å². The van der Waals surface area contributed by atoms with E-state index in [4.69, 9.17) is 9.47 Å². The van der Waals surface area contributed by atoms with E-state index in [2.05, 4.69) is 11.9 Å². The summed E-state index contributed by atoms with van der Waals surface area (Å²) in [6.45, 7) is 2.63. The molecule has 0 bridgehead atoms. The van der Waals surface area contributed by atoms with Gasteiger partial charge in [0.2, 0.25) is 0 Å². The van der Waals surface area contributed by atoms with Gasteiger partial charge in [-0.1, -0.05) is 19.4 Å². The van der Waals surface area contributed by atoms with E-state index in [1.165, 1.54) is 19.3 Å². The van der Waals surface area contributed by atoms with Crippen LogP contribution < -0.4 is 9.47 Å². The summed E-state index contributed by atoms with van der Waals surface area (Å²) in [4.78, 5) is 3.76. The van der Waals surface area contributed by atoms with Gasteiger partial charge in [-0.3, -0.25) is 4.98 Å². The maximum Gasteiger partial charge on any atom is 0.417 e. The minimum atomic E-state index is -4.47. The molecule has 7 heteroatoms. The summed E-state index contributed by atoms with van der Waals surface area (Å²) in [7, 11) is 1.51. The summed E-state index contributed by atoms with van der Waals surface area (Å²) in [5.41, 5.74) is 0.0879. The Hall–Kier alpha value is -3.01. The van der Waals surface area contributed by atoms with Gasteiger partial charge in [0.25, 0.3) is 0 Å². The Labute approximate surface area is 155 Å². The lowest BCUT2D eigenvalue weighted by atomic mass is 10.1. The Morgan fingerprint density at radius 1 is 1.22 bits per heavy atom. The first-order chi connectivity index (χ1) is 12.9. The molecule has 0 saturated carbocycles. The van der Waals surface area contributed by atoms with E-state index in [1.807, 2.05) is 6.07 Å². The quantitative estimate of drug-likeness (QED) is 0.483. The zero-order valence-corrected chi connectivity index (χ0v) is 15.0. The van der Waals surface area contributed by atoms with Crippen molar-refractivity contribution < 1.29 is 22.6 Å². The number of alkyl halides is 3.